The highest BCUT2D eigenvalue weighted by molar-refractivity contribution is 5.94. The van der Waals surface area contributed by atoms with Crippen LogP contribution in [0.2, 0.25) is 0 Å². The van der Waals surface area contributed by atoms with Gasteiger partial charge < -0.3 is 14.2 Å². The van der Waals surface area contributed by atoms with E-state index >= 15 is 0 Å². The fourth-order valence-electron chi connectivity index (χ4n) is 4.02. The first kappa shape index (κ1) is 20.2. The Morgan fingerprint density at radius 3 is 2.67 bits per heavy atom. The Kier molecular flexibility index (Phi) is 5.88. The third kappa shape index (κ3) is 4.11. The molecule has 2 aromatic carbocycles. The normalized spacial score (nSPS) is 16.5. The molecule has 1 atom stereocenters. The summed E-state index contributed by atoms with van der Waals surface area (Å²) in [5.41, 5.74) is 4.63. The zero-order valence-electron chi connectivity index (χ0n) is 17.9. The zero-order chi connectivity index (χ0) is 21.1. The summed E-state index contributed by atoms with van der Waals surface area (Å²) in [5, 5.41) is 4.12. The molecular formula is C25H28N2O3. The van der Waals surface area contributed by atoms with E-state index in [0.29, 0.717) is 11.5 Å². The lowest BCUT2D eigenvalue weighted by Crippen LogP contribution is -2.39. The second-order valence-electron chi connectivity index (χ2n) is 8.02. The summed E-state index contributed by atoms with van der Waals surface area (Å²) in [5.74, 6) is 1.31. The molecule has 0 bridgehead atoms. The van der Waals surface area contributed by atoms with Crippen LogP contribution in [0.3, 0.4) is 0 Å². The van der Waals surface area contributed by atoms with Crippen molar-refractivity contribution in [2.24, 2.45) is 0 Å². The minimum atomic E-state index is -0.0842. The van der Waals surface area contributed by atoms with Crippen LogP contribution in [0, 0.1) is 20.8 Å². The summed E-state index contributed by atoms with van der Waals surface area (Å²) in [4.78, 5) is 15.4. The number of nitrogens with zero attached hydrogens (tertiary/aromatic N) is 2. The Bertz CT molecular complexity index is 1030. The number of likely N-dealkylation sites (tertiary alicyclic amines) is 1. The maximum atomic E-state index is 13.5. The molecule has 3 aromatic rings. The van der Waals surface area contributed by atoms with Crippen molar-refractivity contribution in [2.75, 3.05) is 6.54 Å². The van der Waals surface area contributed by atoms with Gasteiger partial charge in [0.05, 0.1) is 11.6 Å². The van der Waals surface area contributed by atoms with Gasteiger partial charge in [-0.15, -0.1) is 0 Å². The van der Waals surface area contributed by atoms with Crippen molar-refractivity contribution < 1.29 is 14.1 Å². The highest BCUT2D eigenvalue weighted by Crippen LogP contribution is 2.33. The molecule has 1 aliphatic rings. The van der Waals surface area contributed by atoms with E-state index in [2.05, 4.69) is 31.1 Å². The lowest BCUT2D eigenvalue weighted by atomic mass is 9.94. The van der Waals surface area contributed by atoms with Crippen molar-refractivity contribution in [2.45, 2.75) is 52.7 Å². The summed E-state index contributed by atoms with van der Waals surface area (Å²) < 4.78 is 11.4. The fourth-order valence-corrected chi connectivity index (χ4v) is 4.02. The van der Waals surface area contributed by atoms with Gasteiger partial charge >= 0.3 is 0 Å². The van der Waals surface area contributed by atoms with Gasteiger partial charge in [0.2, 0.25) is 0 Å². The first-order chi connectivity index (χ1) is 14.5. The monoisotopic (exact) mass is 404 g/mol. The van der Waals surface area contributed by atoms with Crippen molar-refractivity contribution in [3.8, 4) is 5.75 Å². The van der Waals surface area contributed by atoms with E-state index in [9.17, 15) is 4.79 Å². The molecule has 156 valence electrons. The minimum absolute atomic E-state index is 0.0676. The number of piperidine rings is 1. The lowest BCUT2D eigenvalue weighted by molar-refractivity contribution is 0.0598. The smallest absolute Gasteiger partial charge is 0.276 e. The number of rotatable bonds is 5. The number of hydrogen-bond acceptors (Lipinski definition) is 4. The number of aryl methyl sites for hydroxylation is 3. The van der Waals surface area contributed by atoms with E-state index in [1.165, 1.54) is 16.7 Å². The molecule has 1 amide bonds. The van der Waals surface area contributed by atoms with Gasteiger partial charge in [-0.05, 0) is 68.9 Å². The first-order valence-electron chi connectivity index (χ1n) is 10.6. The Balaban J connectivity index is 1.56. The van der Waals surface area contributed by atoms with E-state index < -0.39 is 0 Å². The molecule has 0 N–H and O–H groups in total. The van der Waals surface area contributed by atoms with Crippen LogP contribution in [0.25, 0.3) is 0 Å². The van der Waals surface area contributed by atoms with Gasteiger partial charge in [0.1, 0.15) is 18.1 Å². The van der Waals surface area contributed by atoms with Gasteiger partial charge in [-0.25, -0.2) is 0 Å². The number of aromatic nitrogens is 1. The minimum Gasteiger partial charge on any atom is -0.489 e. The van der Waals surface area contributed by atoms with Gasteiger partial charge in [0.25, 0.3) is 5.91 Å². The standard InChI is InChI=1S/C25H28N2O3/c1-17-12-13-21(15-18(17)2)29-16-22-19(3)30-26-24(22)25(28)27-14-8-7-11-23(27)20-9-5-4-6-10-20/h4-6,9-10,12-13,15,23H,7-8,11,14,16H2,1-3H3. The first-order valence-corrected chi connectivity index (χ1v) is 10.6. The van der Waals surface area contributed by atoms with Gasteiger partial charge in [-0.3, -0.25) is 4.79 Å². The maximum Gasteiger partial charge on any atom is 0.276 e. The van der Waals surface area contributed by atoms with E-state index in [-0.39, 0.29) is 18.6 Å². The SMILES string of the molecule is Cc1ccc(OCc2c(C(=O)N3CCCCC3c3ccccc3)noc2C)cc1C. The second-order valence-corrected chi connectivity index (χ2v) is 8.02. The molecule has 1 unspecified atom stereocenters. The largest absolute Gasteiger partial charge is 0.489 e. The van der Waals surface area contributed by atoms with Crippen LogP contribution in [0.4, 0.5) is 0 Å². The van der Waals surface area contributed by atoms with E-state index in [1.807, 2.05) is 48.2 Å². The van der Waals surface area contributed by atoms with Crippen molar-refractivity contribution in [1.29, 1.82) is 0 Å². The highest BCUT2D eigenvalue weighted by atomic mass is 16.5. The summed E-state index contributed by atoms with van der Waals surface area (Å²) >= 11 is 0. The lowest BCUT2D eigenvalue weighted by Gasteiger charge is -2.35. The number of hydrogen-bond donors (Lipinski definition) is 0. The van der Waals surface area contributed by atoms with Gasteiger partial charge in [0, 0.05) is 6.54 Å². The van der Waals surface area contributed by atoms with Gasteiger partial charge in [-0.1, -0.05) is 41.6 Å². The molecule has 2 heterocycles. The third-order valence-electron chi connectivity index (χ3n) is 6.00. The summed E-state index contributed by atoms with van der Waals surface area (Å²) in [6.45, 7) is 6.93. The topological polar surface area (TPSA) is 55.6 Å². The number of amides is 1. The van der Waals surface area contributed by atoms with Crippen LogP contribution in [0.5, 0.6) is 5.75 Å². The van der Waals surface area contributed by atoms with Crippen LogP contribution < -0.4 is 4.74 Å². The fraction of sp³-hybridized carbons (Fsp3) is 0.360. The zero-order valence-corrected chi connectivity index (χ0v) is 17.9. The molecule has 5 heteroatoms. The van der Waals surface area contributed by atoms with Crippen molar-refractivity contribution in [3.63, 3.8) is 0 Å². The highest BCUT2D eigenvalue weighted by Gasteiger charge is 2.32. The summed E-state index contributed by atoms with van der Waals surface area (Å²) in [6, 6.07) is 16.3. The average molecular weight is 405 g/mol. The number of carbonyl (C=O) groups excluding carboxylic acids is 1. The summed E-state index contributed by atoms with van der Waals surface area (Å²) in [7, 11) is 0. The maximum absolute atomic E-state index is 13.5. The molecule has 0 radical (unpaired) electrons. The Labute approximate surface area is 177 Å². The second kappa shape index (κ2) is 8.74. The van der Waals surface area contributed by atoms with Crippen molar-refractivity contribution in [3.05, 3.63) is 82.2 Å². The molecule has 1 aromatic heterocycles. The van der Waals surface area contributed by atoms with Crippen LogP contribution in [0.15, 0.2) is 53.1 Å². The van der Waals surface area contributed by atoms with Gasteiger partial charge in [0.15, 0.2) is 5.69 Å². The predicted octanol–water partition coefficient (Wildman–Crippen LogP) is 5.55. The van der Waals surface area contributed by atoms with Crippen molar-refractivity contribution in [1.82, 2.24) is 10.1 Å². The number of ether oxygens (including phenoxy) is 1. The van der Waals surface area contributed by atoms with Crippen LogP contribution in [-0.4, -0.2) is 22.5 Å². The van der Waals surface area contributed by atoms with Gasteiger partial charge in [-0.2, -0.15) is 0 Å². The number of carbonyl (C=O) groups is 1. The molecule has 30 heavy (non-hydrogen) atoms. The average Bonchev–Trinajstić information content (AvgIpc) is 3.15. The van der Waals surface area contributed by atoms with Crippen LogP contribution >= 0.6 is 0 Å². The number of benzene rings is 2. The molecule has 0 aliphatic carbocycles. The molecule has 5 nitrogen and oxygen atoms in total. The molecule has 0 saturated carbocycles. The van der Waals surface area contributed by atoms with E-state index in [0.717, 1.165) is 37.1 Å². The molecular weight excluding hydrogens is 376 g/mol. The molecule has 1 aliphatic heterocycles. The molecule has 0 spiro atoms. The summed E-state index contributed by atoms with van der Waals surface area (Å²) in [6.07, 6.45) is 3.07. The Hall–Kier alpha value is -3.08. The van der Waals surface area contributed by atoms with Crippen LogP contribution in [-0.2, 0) is 6.61 Å². The third-order valence-corrected chi connectivity index (χ3v) is 6.00. The van der Waals surface area contributed by atoms with E-state index in [1.54, 1.807) is 0 Å². The predicted molar refractivity (Wildman–Crippen MR) is 116 cm³/mol. The Morgan fingerprint density at radius 1 is 1.10 bits per heavy atom. The molecule has 4 rings (SSSR count). The molecule has 1 saturated heterocycles. The van der Waals surface area contributed by atoms with Crippen molar-refractivity contribution >= 4 is 5.91 Å². The molecule has 1 fully saturated rings. The quantitative estimate of drug-likeness (QED) is 0.560. The Morgan fingerprint density at radius 2 is 1.90 bits per heavy atom. The van der Waals surface area contributed by atoms with E-state index in [4.69, 9.17) is 9.26 Å². The van der Waals surface area contributed by atoms with Crippen LogP contribution in [0.1, 0.15) is 63.8 Å².